The summed E-state index contributed by atoms with van der Waals surface area (Å²) in [4.78, 5) is 16.3. The van der Waals surface area contributed by atoms with E-state index in [1.165, 1.54) is 6.07 Å². The molecule has 1 heterocycles. The summed E-state index contributed by atoms with van der Waals surface area (Å²) in [6.45, 7) is 0.357. The monoisotopic (exact) mass is 383 g/mol. The van der Waals surface area contributed by atoms with Crippen molar-refractivity contribution < 1.29 is 18.3 Å². The lowest BCUT2D eigenvalue weighted by Crippen LogP contribution is -2.37. The maximum absolute atomic E-state index is 13.2. The molecule has 28 heavy (non-hydrogen) atoms. The molecular formula is C21H19F2N3O2. The number of rotatable bonds is 7. The molecule has 0 bridgehead atoms. The van der Waals surface area contributed by atoms with Crippen molar-refractivity contribution in [2.45, 2.75) is 19.1 Å². The predicted octanol–water partition coefficient (Wildman–Crippen LogP) is 3.45. The zero-order valence-corrected chi connectivity index (χ0v) is 14.9. The molecule has 1 aromatic heterocycles. The summed E-state index contributed by atoms with van der Waals surface area (Å²) in [5, 5.41) is 2.48. The fourth-order valence-electron chi connectivity index (χ4n) is 2.52. The molecule has 3 aromatic rings. The maximum Gasteiger partial charge on any atom is 0.241 e. The lowest BCUT2D eigenvalue weighted by molar-refractivity contribution is -0.117. The van der Waals surface area contributed by atoms with E-state index in [-0.39, 0.29) is 12.1 Å². The third kappa shape index (κ3) is 5.34. The molecule has 0 aliphatic heterocycles. The van der Waals surface area contributed by atoms with Gasteiger partial charge in [-0.15, -0.1) is 0 Å². The van der Waals surface area contributed by atoms with Crippen LogP contribution < -0.4 is 15.8 Å². The molecule has 0 aliphatic carbocycles. The standard InChI is InChI=1S/C21H19F2N3O2/c22-18-9-6-15(12-19(18)23)26-21(27)20(24)11-14-4-7-17(8-5-14)28-13-16-3-1-2-10-25-16/h1-10,12,20H,11,13,24H2,(H,26,27). The van der Waals surface area contributed by atoms with Crippen molar-refractivity contribution in [3.63, 3.8) is 0 Å². The Kier molecular flexibility index (Phi) is 6.29. The van der Waals surface area contributed by atoms with Crippen LogP contribution in [-0.2, 0) is 17.8 Å². The SMILES string of the molecule is NC(Cc1ccc(OCc2ccccn2)cc1)C(=O)Nc1ccc(F)c(F)c1. The number of nitrogens with one attached hydrogen (secondary N) is 1. The first-order valence-corrected chi connectivity index (χ1v) is 8.64. The van der Waals surface area contributed by atoms with Gasteiger partial charge in [-0.25, -0.2) is 8.78 Å². The lowest BCUT2D eigenvalue weighted by atomic mass is 10.1. The van der Waals surface area contributed by atoms with Gasteiger partial charge in [0, 0.05) is 18.0 Å². The zero-order valence-electron chi connectivity index (χ0n) is 14.9. The zero-order chi connectivity index (χ0) is 19.9. The number of anilines is 1. The van der Waals surface area contributed by atoms with E-state index in [4.69, 9.17) is 10.5 Å². The van der Waals surface area contributed by atoms with Gasteiger partial charge in [0.25, 0.3) is 0 Å². The van der Waals surface area contributed by atoms with Crippen molar-refractivity contribution in [2.24, 2.45) is 5.73 Å². The number of hydrogen-bond acceptors (Lipinski definition) is 4. The summed E-state index contributed by atoms with van der Waals surface area (Å²) in [6, 6.07) is 15.1. The van der Waals surface area contributed by atoms with Crippen molar-refractivity contribution in [3.8, 4) is 5.75 Å². The Labute approximate surface area is 161 Å². The van der Waals surface area contributed by atoms with Crippen LogP contribution in [0.2, 0.25) is 0 Å². The Morgan fingerprint density at radius 3 is 2.54 bits per heavy atom. The highest BCUT2D eigenvalue weighted by Crippen LogP contribution is 2.16. The average Bonchev–Trinajstić information content (AvgIpc) is 2.71. The number of nitrogens with zero attached hydrogens (tertiary/aromatic N) is 1. The largest absolute Gasteiger partial charge is 0.487 e. The average molecular weight is 383 g/mol. The van der Waals surface area contributed by atoms with Gasteiger partial charge >= 0.3 is 0 Å². The Morgan fingerprint density at radius 2 is 1.86 bits per heavy atom. The lowest BCUT2D eigenvalue weighted by Gasteiger charge is -2.13. The number of halogens is 2. The van der Waals surface area contributed by atoms with Crippen molar-refractivity contribution in [1.82, 2.24) is 4.98 Å². The molecule has 3 N–H and O–H groups in total. The molecule has 0 radical (unpaired) electrons. The van der Waals surface area contributed by atoms with Crippen LogP contribution in [0.15, 0.2) is 66.9 Å². The third-order valence-corrected chi connectivity index (χ3v) is 4.02. The summed E-state index contributed by atoms with van der Waals surface area (Å²) < 4.78 is 31.8. The van der Waals surface area contributed by atoms with Crippen molar-refractivity contribution >= 4 is 11.6 Å². The molecule has 1 atom stereocenters. The van der Waals surface area contributed by atoms with Crippen LogP contribution in [0.1, 0.15) is 11.3 Å². The number of benzene rings is 2. The van der Waals surface area contributed by atoms with E-state index in [9.17, 15) is 13.6 Å². The number of carbonyl (C=O) groups is 1. The van der Waals surface area contributed by atoms with Gasteiger partial charge in [0.1, 0.15) is 12.4 Å². The van der Waals surface area contributed by atoms with E-state index < -0.39 is 23.6 Å². The highest BCUT2D eigenvalue weighted by Gasteiger charge is 2.15. The normalized spacial score (nSPS) is 11.7. The summed E-state index contributed by atoms with van der Waals surface area (Å²) >= 11 is 0. The molecule has 144 valence electrons. The quantitative estimate of drug-likeness (QED) is 0.655. The summed E-state index contributed by atoms with van der Waals surface area (Å²) in [5.74, 6) is -1.82. The first-order chi connectivity index (χ1) is 13.5. The molecular weight excluding hydrogens is 364 g/mol. The van der Waals surface area contributed by atoms with E-state index in [0.717, 1.165) is 23.4 Å². The van der Waals surface area contributed by atoms with E-state index in [1.807, 2.05) is 30.3 Å². The second-order valence-electron chi connectivity index (χ2n) is 6.18. The van der Waals surface area contributed by atoms with Gasteiger partial charge in [-0.3, -0.25) is 9.78 Å². The molecule has 0 saturated carbocycles. The van der Waals surface area contributed by atoms with Crippen molar-refractivity contribution in [1.29, 1.82) is 0 Å². The number of nitrogens with two attached hydrogens (primary N) is 1. The smallest absolute Gasteiger partial charge is 0.241 e. The van der Waals surface area contributed by atoms with Crippen LogP contribution in [0.25, 0.3) is 0 Å². The number of amides is 1. The van der Waals surface area contributed by atoms with Crippen molar-refractivity contribution in [2.75, 3.05) is 5.32 Å². The molecule has 0 aliphatic rings. The number of ether oxygens (including phenoxy) is 1. The van der Waals surface area contributed by atoms with Gasteiger partial charge in [0.2, 0.25) is 5.91 Å². The van der Waals surface area contributed by atoms with Crippen LogP contribution in [0.4, 0.5) is 14.5 Å². The van der Waals surface area contributed by atoms with Crippen LogP contribution in [0, 0.1) is 11.6 Å². The molecule has 1 unspecified atom stereocenters. The molecule has 0 saturated heterocycles. The van der Waals surface area contributed by atoms with Gasteiger partial charge in [0.05, 0.1) is 11.7 Å². The Morgan fingerprint density at radius 1 is 1.07 bits per heavy atom. The minimum atomic E-state index is -1.03. The highest BCUT2D eigenvalue weighted by molar-refractivity contribution is 5.94. The number of aromatic nitrogens is 1. The topological polar surface area (TPSA) is 77.2 Å². The predicted molar refractivity (Wildman–Crippen MR) is 102 cm³/mol. The fourth-order valence-corrected chi connectivity index (χ4v) is 2.52. The van der Waals surface area contributed by atoms with Crippen LogP contribution in [0.5, 0.6) is 5.75 Å². The van der Waals surface area contributed by atoms with Gasteiger partial charge in [-0.05, 0) is 48.4 Å². The molecule has 2 aromatic carbocycles. The second-order valence-corrected chi connectivity index (χ2v) is 6.18. The Balaban J connectivity index is 1.52. The Hall–Kier alpha value is -3.32. The van der Waals surface area contributed by atoms with E-state index in [0.29, 0.717) is 12.4 Å². The molecule has 5 nitrogen and oxygen atoms in total. The van der Waals surface area contributed by atoms with Crippen LogP contribution in [0.3, 0.4) is 0 Å². The maximum atomic E-state index is 13.2. The van der Waals surface area contributed by atoms with Gasteiger partial charge in [0.15, 0.2) is 11.6 Å². The van der Waals surface area contributed by atoms with E-state index in [1.54, 1.807) is 18.3 Å². The van der Waals surface area contributed by atoms with Crippen LogP contribution >= 0.6 is 0 Å². The van der Waals surface area contributed by atoms with E-state index >= 15 is 0 Å². The summed E-state index contributed by atoms with van der Waals surface area (Å²) in [7, 11) is 0. The molecule has 0 spiro atoms. The van der Waals surface area contributed by atoms with Gasteiger partial charge in [-0.2, -0.15) is 0 Å². The first-order valence-electron chi connectivity index (χ1n) is 8.64. The number of hydrogen-bond donors (Lipinski definition) is 2. The van der Waals surface area contributed by atoms with Gasteiger partial charge < -0.3 is 15.8 Å². The highest BCUT2D eigenvalue weighted by atomic mass is 19.2. The van der Waals surface area contributed by atoms with Crippen molar-refractivity contribution in [3.05, 3.63) is 89.8 Å². The minimum Gasteiger partial charge on any atom is -0.487 e. The third-order valence-electron chi connectivity index (χ3n) is 4.02. The molecule has 0 fully saturated rings. The number of pyridine rings is 1. The van der Waals surface area contributed by atoms with E-state index in [2.05, 4.69) is 10.3 Å². The van der Waals surface area contributed by atoms with Gasteiger partial charge in [-0.1, -0.05) is 18.2 Å². The first kappa shape index (κ1) is 19.4. The second kappa shape index (κ2) is 9.05. The summed E-state index contributed by atoms with van der Waals surface area (Å²) in [6.07, 6.45) is 1.99. The van der Waals surface area contributed by atoms with Crippen LogP contribution in [-0.4, -0.2) is 16.9 Å². The molecule has 7 heteroatoms. The summed E-state index contributed by atoms with van der Waals surface area (Å²) in [5.41, 5.74) is 7.74. The minimum absolute atomic E-state index is 0.151. The number of carbonyl (C=O) groups excluding carboxylic acids is 1. The fraction of sp³-hybridized carbons (Fsp3) is 0.143. The molecule has 3 rings (SSSR count). The molecule has 1 amide bonds. The Bertz CT molecular complexity index is 934.